The van der Waals surface area contributed by atoms with Gasteiger partial charge in [0.05, 0.1) is 24.7 Å². The number of methoxy groups -OCH3 is 1. The third-order valence-corrected chi connectivity index (χ3v) is 9.36. The van der Waals surface area contributed by atoms with E-state index in [9.17, 15) is 18.0 Å². The van der Waals surface area contributed by atoms with Gasteiger partial charge in [-0.2, -0.15) is 12.7 Å². The molecule has 0 aliphatic carbocycles. The summed E-state index contributed by atoms with van der Waals surface area (Å²) in [4.78, 5) is 30.6. The number of ether oxygens (including phenoxy) is 1. The average Bonchev–Trinajstić information content (AvgIpc) is 3.32. The van der Waals surface area contributed by atoms with Gasteiger partial charge in [0.2, 0.25) is 5.91 Å². The lowest BCUT2D eigenvalue weighted by molar-refractivity contribution is -0.117. The van der Waals surface area contributed by atoms with Crippen LogP contribution in [0.3, 0.4) is 0 Å². The van der Waals surface area contributed by atoms with Gasteiger partial charge in [-0.25, -0.2) is 14.5 Å². The van der Waals surface area contributed by atoms with E-state index in [2.05, 4.69) is 40.5 Å². The summed E-state index contributed by atoms with van der Waals surface area (Å²) in [5, 5.41) is 0. The molecule has 10 nitrogen and oxygen atoms in total. The largest absolute Gasteiger partial charge is 0.453 e. The number of hydrogen-bond acceptors (Lipinski definition) is 6. The van der Waals surface area contributed by atoms with E-state index in [0.29, 0.717) is 39.0 Å². The fourth-order valence-electron chi connectivity index (χ4n) is 5.90. The smallest absolute Gasteiger partial charge is 0.409 e. The molecule has 2 aliphatic heterocycles. The van der Waals surface area contributed by atoms with Crippen LogP contribution in [0.4, 0.5) is 4.79 Å². The van der Waals surface area contributed by atoms with Gasteiger partial charge in [-0.05, 0) is 49.8 Å². The minimum absolute atomic E-state index is 0.0513. The number of imidazole rings is 1. The second-order valence-corrected chi connectivity index (χ2v) is 12.1. The van der Waals surface area contributed by atoms with E-state index >= 15 is 0 Å². The van der Waals surface area contributed by atoms with Crippen LogP contribution in [0.1, 0.15) is 61.2 Å². The fraction of sp³-hybridized carbons (Fsp3) is 0.464. The van der Waals surface area contributed by atoms with Crippen LogP contribution in [0.5, 0.6) is 0 Å². The molecule has 11 heteroatoms. The minimum Gasteiger partial charge on any atom is -0.453 e. The number of aromatic nitrogens is 2. The van der Waals surface area contributed by atoms with E-state index in [1.165, 1.54) is 29.5 Å². The highest BCUT2D eigenvalue weighted by atomic mass is 32.2. The van der Waals surface area contributed by atoms with E-state index in [1.54, 1.807) is 4.90 Å². The Bertz CT molecular complexity index is 1480. The monoisotopic (exact) mass is 553 g/mol. The Morgan fingerprint density at radius 1 is 1.10 bits per heavy atom. The number of carbonyl (C=O) groups excluding carboxylic acids is 2. The maximum absolute atomic E-state index is 12.6. The van der Waals surface area contributed by atoms with Crippen molar-refractivity contribution in [1.82, 2.24) is 23.5 Å². The Morgan fingerprint density at radius 2 is 1.82 bits per heavy atom. The molecule has 1 N–H and O–H groups in total. The molecular weight excluding hydrogens is 518 g/mol. The molecule has 0 radical (unpaired) electrons. The van der Waals surface area contributed by atoms with Crippen molar-refractivity contribution >= 4 is 33.2 Å². The predicted molar refractivity (Wildman–Crippen MR) is 147 cm³/mol. The number of benzene rings is 2. The van der Waals surface area contributed by atoms with Crippen LogP contribution < -0.4 is 4.72 Å². The van der Waals surface area contributed by atoms with Crippen molar-refractivity contribution in [3.05, 3.63) is 65.0 Å². The summed E-state index contributed by atoms with van der Waals surface area (Å²) >= 11 is 0. The van der Waals surface area contributed by atoms with Gasteiger partial charge in [0.25, 0.3) is 0 Å². The number of piperidine rings is 1. The number of carbonyl (C=O) groups is 2. The third-order valence-electron chi connectivity index (χ3n) is 7.77. The predicted octanol–water partition coefficient (Wildman–Crippen LogP) is 3.52. The van der Waals surface area contributed by atoms with Crippen molar-refractivity contribution in [3.8, 4) is 0 Å². The SMILES string of the molecule is COC(=O)N1CCc2ccc3c(nc(C4CCN(S(=O)(=O)NC(C)=O)CC4)n3[C@H](C)Cc3ccccc3)c2C1. The normalized spacial score (nSPS) is 17.6. The number of rotatable bonds is 6. The third kappa shape index (κ3) is 5.51. The molecule has 1 atom stereocenters. The van der Waals surface area contributed by atoms with Crippen molar-refractivity contribution in [2.45, 2.75) is 58.0 Å². The topological polar surface area (TPSA) is 114 Å². The standard InChI is InChI=1S/C28H35N5O5S/c1-19(17-21-7-5-4-6-8-21)33-25-10-9-22-11-14-31(28(35)38-3)18-24(22)26(25)29-27(33)23-12-15-32(16-13-23)39(36,37)30-20(2)34/h4-10,19,23H,11-18H2,1-3H3,(H,30,34)/t19-/m1/s1. The van der Waals surface area contributed by atoms with Crippen LogP contribution in [0.15, 0.2) is 42.5 Å². The van der Waals surface area contributed by atoms with Gasteiger partial charge in [0.15, 0.2) is 0 Å². The van der Waals surface area contributed by atoms with Crippen LogP contribution in [0.2, 0.25) is 0 Å². The molecule has 1 saturated heterocycles. The van der Waals surface area contributed by atoms with Crippen LogP contribution in [0, 0.1) is 0 Å². The highest BCUT2D eigenvalue weighted by molar-refractivity contribution is 7.87. The van der Waals surface area contributed by atoms with Crippen molar-refractivity contribution in [2.24, 2.45) is 0 Å². The van der Waals surface area contributed by atoms with E-state index in [1.807, 2.05) is 18.2 Å². The van der Waals surface area contributed by atoms with Crippen molar-refractivity contribution in [3.63, 3.8) is 0 Å². The lowest BCUT2D eigenvalue weighted by Gasteiger charge is -2.31. The van der Waals surface area contributed by atoms with Gasteiger partial charge < -0.3 is 14.2 Å². The quantitative estimate of drug-likeness (QED) is 0.500. The Labute approximate surface area is 229 Å². The van der Waals surface area contributed by atoms with Gasteiger partial charge in [0, 0.05) is 44.1 Å². The van der Waals surface area contributed by atoms with Crippen LogP contribution in [-0.2, 0) is 39.1 Å². The Balaban J connectivity index is 1.52. The number of fused-ring (bicyclic) bond motifs is 3. The molecular formula is C28H35N5O5S. The Kier molecular flexibility index (Phi) is 7.64. The molecule has 1 fully saturated rings. The van der Waals surface area contributed by atoms with Crippen LogP contribution in [0.25, 0.3) is 11.0 Å². The van der Waals surface area contributed by atoms with E-state index in [-0.39, 0.29) is 18.1 Å². The highest BCUT2D eigenvalue weighted by Crippen LogP contribution is 2.37. The Morgan fingerprint density at radius 3 is 2.49 bits per heavy atom. The van der Waals surface area contributed by atoms with Crippen molar-refractivity contribution in [2.75, 3.05) is 26.7 Å². The van der Waals surface area contributed by atoms with E-state index in [0.717, 1.165) is 35.3 Å². The Hall–Kier alpha value is -3.44. The molecule has 0 unspecified atom stereocenters. The highest BCUT2D eigenvalue weighted by Gasteiger charge is 2.33. The van der Waals surface area contributed by atoms with Gasteiger partial charge in [-0.3, -0.25) is 4.79 Å². The summed E-state index contributed by atoms with van der Waals surface area (Å²) in [7, 11) is -2.45. The van der Waals surface area contributed by atoms with Crippen LogP contribution in [-0.4, -0.2) is 65.9 Å². The average molecular weight is 554 g/mol. The lowest BCUT2D eigenvalue weighted by Crippen LogP contribution is -2.46. The zero-order valence-electron chi connectivity index (χ0n) is 22.6. The second-order valence-electron chi connectivity index (χ2n) is 10.4. The second kappa shape index (κ2) is 11.0. The summed E-state index contributed by atoms with van der Waals surface area (Å²) in [6.07, 6.45) is 2.40. The zero-order valence-corrected chi connectivity index (χ0v) is 23.4. The summed E-state index contributed by atoms with van der Waals surface area (Å²) in [5.74, 6) is 0.392. The molecule has 208 valence electrons. The van der Waals surface area contributed by atoms with Gasteiger partial charge in [-0.1, -0.05) is 36.4 Å². The molecule has 0 bridgehead atoms. The van der Waals surface area contributed by atoms with E-state index in [4.69, 9.17) is 9.72 Å². The van der Waals surface area contributed by atoms with Gasteiger partial charge in [-0.15, -0.1) is 0 Å². The molecule has 0 spiro atoms. The lowest BCUT2D eigenvalue weighted by atomic mass is 9.96. The molecule has 2 amide bonds. The first-order valence-corrected chi connectivity index (χ1v) is 14.8. The fourth-order valence-corrected chi connectivity index (χ4v) is 7.08. The molecule has 3 aromatic rings. The maximum Gasteiger partial charge on any atom is 0.409 e. The van der Waals surface area contributed by atoms with Crippen molar-refractivity contribution < 1.29 is 22.7 Å². The summed E-state index contributed by atoms with van der Waals surface area (Å²) in [5.41, 5.74) is 5.37. The van der Waals surface area contributed by atoms with E-state index < -0.39 is 16.1 Å². The molecule has 5 rings (SSSR count). The number of nitrogens with one attached hydrogen (secondary N) is 1. The molecule has 1 aromatic heterocycles. The van der Waals surface area contributed by atoms with Crippen molar-refractivity contribution in [1.29, 1.82) is 0 Å². The minimum atomic E-state index is -3.85. The van der Waals surface area contributed by atoms with Gasteiger partial charge >= 0.3 is 16.3 Å². The maximum atomic E-state index is 12.6. The summed E-state index contributed by atoms with van der Waals surface area (Å²) < 4.78 is 35.8. The number of amides is 2. The molecule has 39 heavy (non-hydrogen) atoms. The summed E-state index contributed by atoms with van der Waals surface area (Å²) in [6.45, 7) is 5.03. The first-order chi connectivity index (χ1) is 18.7. The first-order valence-electron chi connectivity index (χ1n) is 13.4. The molecule has 0 saturated carbocycles. The van der Waals surface area contributed by atoms with Gasteiger partial charge in [0.1, 0.15) is 5.82 Å². The van der Waals surface area contributed by atoms with Crippen LogP contribution >= 0.6 is 0 Å². The first kappa shape index (κ1) is 27.1. The molecule has 2 aliphatic rings. The molecule has 2 aromatic carbocycles. The zero-order chi connectivity index (χ0) is 27.7. The number of hydrogen-bond donors (Lipinski definition) is 1. The summed E-state index contributed by atoms with van der Waals surface area (Å²) in [6, 6.07) is 14.7. The number of nitrogens with zero attached hydrogens (tertiary/aromatic N) is 4. The molecule has 3 heterocycles.